The smallest absolute Gasteiger partial charge is 0.350 e. The van der Waals surface area contributed by atoms with E-state index in [9.17, 15) is 14.4 Å². The highest BCUT2D eigenvalue weighted by molar-refractivity contribution is 6.15. The standard InChI is InChI=1S/C16H17NO6/c1-9-7-11(5-6-13(9)21-10(2)18)17-8-12-14(19)22-16(3,4)23-15(12)20/h5-8,17H,1-4H3. The zero-order valence-electron chi connectivity index (χ0n) is 13.3. The molecule has 0 aromatic heterocycles. The minimum atomic E-state index is -1.27. The molecule has 0 amide bonds. The largest absolute Gasteiger partial charge is 0.426 e. The number of aryl methyl sites for hydroxylation is 1. The van der Waals surface area contributed by atoms with Gasteiger partial charge in [-0.1, -0.05) is 0 Å². The Morgan fingerprint density at radius 3 is 2.35 bits per heavy atom. The van der Waals surface area contributed by atoms with Crippen molar-refractivity contribution in [2.24, 2.45) is 0 Å². The second-order valence-corrected chi connectivity index (χ2v) is 5.46. The summed E-state index contributed by atoms with van der Waals surface area (Å²) in [6, 6.07) is 4.96. The minimum absolute atomic E-state index is 0.231. The van der Waals surface area contributed by atoms with Crippen LogP contribution in [0.3, 0.4) is 0 Å². The van der Waals surface area contributed by atoms with Crippen molar-refractivity contribution in [2.75, 3.05) is 5.32 Å². The summed E-state index contributed by atoms with van der Waals surface area (Å²) < 4.78 is 15.0. The van der Waals surface area contributed by atoms with Crippen molar-refractivity contribution in [3.8, 4) is 5.75 Å². The maximum atomic E-state index is 11.8. The molecule has 0 spiro atoms. The average molecular weight is 319 g/mol. The first-order valence-corrected chi connectivity index (χ1v) is 6.90. The maximum Gasteiger partial charge on any atom is 0.350 e. The summed E-state index contributed by atoms with van der Waals surface area (Å²) in [5, 5.41) is 2.82. The third-order valence-electron chi connectivity index (χ3n) is 2.93. The molecule has 0 saturated carbocycles. The quantitative estimate of drug-likeness (QED) is 0.394. The van der Waals surface area contributed by atoms with Crippen molar-refractivity contribution in [3.63, 3.8) is 0 Å². The van der Waals surface area contributed by atoms with Crippen LogP contribution >= 0.6 is 0 Å². The van der Waals surface area contributed by atoms with Crippen molar-refractivity contribution in [1.29, 1.82) is 0 Å². The molecule has 1 aliphatic heterocycles. The minimum Gasteiger partial charge on any atom is -0.426 e. The Labute approximate surface area is 133 Å². The first kappa shape index (κ1) is 16.5. The van der Waals surface area contributed by atoms with Crippen LogP contribution in [0.4, 0.5) is 5.69 Å². The van der Waals surface area contributed by atoms with Crippen LogP contribution in [0.2, 0.25) is 0 Å². The molecule has 7 heteroatoms. The number of carbonyl (C=O) groups is 3. The van der Waals surface area contributed by atoms with Gasteiger partial charge in [0.05, 0.1) is 0 Å². The second kappa shape index (κ2) is 6.12. The Bertz CT molecular complexity index is 683. The second-order valence-electron chi connectivity index (χ2n) is 5.46. The third kappa shape index (κ3) is 4.09. The molecule has 2 rings (SSSR count). The summed E-state index contributed by atoms with van der Waals surface area (Å²) in [6.45, 7) is 6.04. The van der Waals surface area contributed by atoms with Crippen LogP contribution < -0.4 is 10.1 Å². The van der Waals surface area contributed by atoms with E-state index in [1.807, 2.05) is 0 Å². The van der Waals surface area contributed by atoms with Gasteiger partial charge in [-0.2, -0.15) is 0 Å². The molecule has 0 bridgehead atoms. The van der Waals surface area contributed by atoms with E-state index in [1.54, 1.807) is 25.1 Å². The van der Waals surface area contributed by atoms with Gasteiger partial charge in [-0.25, -0.2) is 9.59 Å². The van der Waals surface area contributed by atoms with Gasteiger partial charge in [-0.3, -0.25) is 4.79 Å². The molecular weight excluding hydrogens is 302 g/mol. The van der Waals surface area contributed by atoms with E-state index in [2.05, 4.69) is 5.32 Å². The van der Waals surface area contributed by atoms with Crippen molar-refractivity contribution in [2.45, 2.75) is 33.5 Å². The molecule has 1 N–H and O–H groups in total. The van der Waals surface area contributed by atoms with Crippen LogP contribution in [0.1, 0.15) is 26.3 Å². The fourth-order valence-electron chi connectivity index (χ4n) is 1.94. The van der Waals surface area contributed by atoms with Gasteiger partial charge < -0.3 is 19.5 Å². The normalized spacial score (nSPS) is 16.3. The van der Waals surface area contributed by atoms with Crippen LogP contribution in [0.15, 0.2) is 30.0 Å². The van der Waals surface area contributed by atoms with E-state index in [1.165, 1.54) is 27.0 Å². The number of esters is 3. The number of benzene rings is 1. The van der Waals surface area contributed by atoms with Gasteiger partial charge in [0.25, 0.3) is 5.79 Å². The van der Waals surface area contributed by atoms with E-state index in [4.69, 9.17) is 14.2 Å². The van der Waals surface area contributed by atoms with Crippen molar-refractivity contribution in [1.82, 2.24) is 0 Å². The number of hydrogen-bond acceptors (Lipinski definition) is 7. The molecule has 1 heterocycles. The van der Waals surface area contributed by atoms with Crippen molar-refractivity contribution < 1.29 is 28.6 Å². The molecule has 1 fully saturated rings. The number of anilines is 1. The number of hydrogen-bond donors (Lipinski definition) is 1. The highest BCUT2D eigenvalue weighted by Crippen LogP contribution is 2.24. The summed E-state index contributed by atoms with van der Waals surface area (Å²) in [6.07, 6.45) is 1.22. The maximum absolute atomic E-state index is 11.8. The lowest BCUT2D eigenvalue weighted by atomic mass is 10.2. The summed E-state index contributed by atoms with van der Waals surface area (Å²) in [4.78, 5) is 34.5. The highest BCUT2D eigenvalue weighted by atomic mass is 16.7. The molecule has 23 heavy (non-hydrogen) atoms. The topological polar surface area (TPSA) is 90.9 Å². The Kier molecular flexibility index (Phi) is 4.40. The van der Waals surface area contributed by atoms with Gasteiger partial charge >= 0.3 is 17.9 Å². The number of carbonyl (C=O) groups excluding carboxylic acids is 3. The van der Waals surface area contributed by atoms with Gasteiger partial charge in [0, 0.05) is 32.7 Å². The lowest BCUT2D eigenvalue weighted by Gasteiger charge is -2.29. The van der Waals surface area contributed by atoms with Crippen LogP contribution in [-0.2, 0) is 23.9 Å². The Morgan fingerprint density at radius 2 is 1.83 bits per heavy atom. The summed E-state index contributed by atoms with van der Waals surface area (Å²) >= 11 is 0. The van der Waals surface area contributed by atoms with Crippen LogP contribution in [0.25, 0.3) is 0 Å². The predicted molar refractivity (Wildman–Crippen MR) is 80.5 cm³/mol. The first-order chi connectivity index (χ1) is 10.7. The molecule has 1 aromatic carbocycles. The molecule has 0 atom stereocenters. The van der Waals surface area contributed by atoms with Crippen LogP contribution in [-0.4, -0.2) is 23.7 Å². The lowest BCUT2D eigenvalue weighted by Crippen LogP contribution is -2.42. The summed E-state index contributed by atoms with van der Waals surface area (Å²) in [7, 11) is 0. The fraction of sp³-hybridized carbons (Fsp3) is 0.312. The van der Waals surface area contributed by atoms with Gasteiger partial charge in [0.15, 0.2) is 5.57 Å². The molecule has 0 radical (unpaired) electrons. The Hall–Kier alpha value is -2.83. The molecular formula is C16H17NO6. The Balaban J connectivity index is 2.14. The molecule has 1 aliphatic rings. The number of rotatable bonds is 3. The first-order valence-electron chi connectivity index (χ1n) is 6.90. The van der Waals surface area contributed by atoms with E-state index in [0.29, 0.717) is 11.4 Å². The molecule has 122 valence electrons. The number of cyclic esters (lactones) is 2. The molecule has 1 aromatic rings. The Morgan fingerprint density at radius 1 is 1.22 bits per heavy atom. The predicted octanol–water partition coefficient (Wildman–Crippen LogP) is 2.05. The molecule has 1 saturated heterocycles. The fourth-order valence-corrected chi connectivity index (χ4v) is 1.94. The van der Waals surface area contributed by atoms with Gasteiger partial charge in [0.2, 0.25) is 0 Å². The zero-order chi connectivity index (χ0) is 17.2. The van der Waals surface area contributed by atoms with Gasteiger partial charge in [-0.15, -0.1) is 0 Å². The zero-order valence-corrected chi connectivity index (χ0v) is 13.3. The van der Waals surface area contributed by atoms with Crippen molar-refractivity contribution in [3.05, 3.63) is 35.5 Å². The molecule has 0 aliphatic carbocycles. The lowest BCUT2D eigenvalue weighted by molar-refractivity contribution is -0.222. The van der Waals surface area contributed by atoms with E-state index < -0.39 is 23.7 Å². The number of nitrogens with one attached hydrogen (secondary N) is 1. The highest BCUT2D eigenvalue weighted by Gasteiger charge is 2.38. The van der Waals surface area contributed by atoms with E-state index in [-0.39, 0.29) is 5.57 Å². The monoisotopic (exact) mass is 319 g/mol. The van der Waals surface area contributed by atoms with Gasteiger partial charge in [-0.05, 0) is 30.7 Å². The number of ether oxygens (including phenoxy) is 3. The average Bonchev–Trinajstić information content (AvgIpc) is 2.39. The summed E-state index contributed by atoms with van der Waals surface area (Å²) in [5.74, 6) is -2.76. The van der Waals surface area contributed by atoms with Gasteiger partial charge in [0.1, 0.15) is 5.75 Å². The van der Waals surface area contributed by atoms with E-state index >= 15 is 0 Å². The molecule has 7 nitrogen and oxygen atoms in total. The third-order valence-corrected chi connectivity index (χ3v) is 2.93. The SMILES string of the molecule is CC(=O)Oc1ccc(NC=C2C(=O)OC(C)(C)OC2=O)cc1C. The van der Waals surface area contributed by atoms with Crippen LogP contribution in [0.5, 0.6) is 5.75 Å². The van der Waals surface area contributed by atoms with Crippen LogP contribution in [0, 0.1) is 6.92 Å². The molecule has 0 unspecified atom stereocenters. The van der Waals surface area contributed by atoms with Crippen molar-refractivity contribution >= 4 is 23.6 Å². The summed E-state index contributed by atoms with van der Waals surface area (Å²) in [5.41, 5.74) is 1.10. The van der Waals surface area contributed by atoms with E-state index in [0.717, 1.165) is 5.56 Å².